The summed E-state index contributed by atoms with van der Waals surface area (Å²) in [6.07, 6.45) is 0. The van der Waals surface area contributed by atoms with Crippen LogP contribution in [0.5, 0.6) is 0 Å². The molecule has 0 bridgehead atoms. The Balaban J connectivity index is 2.19. The third kappa shape index (κ3) is 3.47. The van der Waals surface area contributed by atoms with Gasteiger partial charge in [-0.15, -0.1) is 0 Å². The van der Waals surface area contributed by atoms with E-state index >= 15 is 0 Å². The van der Waals surface area contributed by atoms with Gasteiger partial charge in [-0.25, -0.2) is 0 Å². The number of nitrogens with zero attached hydrogens (tertiary/aromatic N) is 2. The molecule has 1 aromatic carbocycles. The summed E-state index contributed by atoms with van der Waals surface area (Å²) in [4.78, 5) is 16.6. The summed E-state index contributed by atoms with van der Waals surface area (Å²) in [5, 5.41) is 0. The molecule has 3 nitrogen and oxygen atoms in total. The molecule has 110 valence electrons. The van der Waals surface area contributed by atoms with Gasteiger partial charge in [-0.05, 0) is 19.5 Å². The van der Waals surface area contributed by atoms with Crippen molar-refractivity contribution >= 4 is 5.78 Å². The molecule has 1 aromatic rings. The van der Waals surface area contributed by atoms with E-state index in [4.69, 9.17) is 0 Å². The minimum absolute atomic E-state index is 0.267. The summed E-state index contributed by atoms with van der Waals surface area (Å²) < 4.78 is 0. The second-order valence-corrected chi connectivity index (χ2v) is 6.60. The van der Waals surface area contributed by atoms with E-state index in [0.717, 1.165) is 26.2 Å². The second kappa shape index (κ2) is 6.06. The lowest BCUT2D eigenvalue weighted by atomic mass is 9.87. The molecule has 1 fully saturated rings. The van der Waals surface area contributed by atoms with Crippen molar-refractivity contribution < 1.29 is 4.79 Å². The van der Waals surface area contributed by atoms with E-state index in [1.54, 1.807) is 6.92 Å². The summed E-state index contributed by atoms with van der Waals surface area (Å²) in [6, 6.07) is 11.0. The lowest BCUT2D eigenvalue weighted by molar-refractivity contribution is -0.126. The highest BCUT2D eigenvalue weighted by Gasteiger charge is 2.33. The molecule has 2 rings (SSSR count). The Kier molecular flexibility index (Phi) is 4.61. The Morgan fingerprint density at radius 2 is 1.90 bits per heavy atom. The summed E-state index contributed by atoms with van der Waals surface area (Å²) in [5.74, 6) is 0.267. The summed E-state index contributed by atoms with van der Waals surface area (Å²) in [7, 11) is 2.17. The zero-order valence-corrected chi connectivity index (χ0v) is 13.1. The molecule has 1 heterocycles. The Hall–Kier alpha value is -1.19. The normalized spacial score (nSPS) is 21.9. The maximum Gasteiger partial charge on any atom is 0.136 e. The van der Waals surface area contributed by atoms with Gasteiger partial charge >= 0.3 is 0 Å². The largest absolute Gasteiger partial charge is 0.303 e. The molecule has 0 spiro atoms. The molecular formula is C17H26N2O. The van der Waals surface area contributed by atoms with E-state index in [-0.39, 0.29) is 11.2 Å². The van der Waals surface area contributed by atoms with E-state index in [1.807, 2.05) is 0 Å². The van der Waals surface area contributed by atoms with Gasteiger partial charge < -0.3 is 4.90 Å². The van der Waals surface area contributed by atoms with Crippen molar-refractivity contribution in [2.75, 3.05) is 33.2 Å². The maximum absolute atomic E-state index is 11.8. The number of rotatable bonds is 4. The van der Waals surface area contributed by atoms with Crippen LogP contribution in [-0.2, 0) is 4.79 Å². The summed E-state index contributed by atoms with van der Waals surface area (Å²) in [6.45, 7) is 9.75. The SMILES string of the molecule is CC(=O)C(C)(C)CN1CCN(C)CC1c1ccccc1. The van der Waals surface area contributed by atoms with E-state index in [9.17, 15) is 4.79 Å². The number of Topliss-reactive ketones (excluding diaryl/α,β-unsaturated/α-hetero) is 1. The number of ketones is 1. The van der Waals surface area contributed by atoms with Crippen LogP contribution in [0.4, 0.5) is 0 Å². The van der Waals surface area contributed by atoms with Crippen LogP contribution in [0.25, 0.3) is 0 Å². The van der Waals surface area contributed by atoms with Crippen molar-refractivity contribution in [3.8, 4) is 0 Å². The van der Waals surface area contributed by atoms with Crippen LogP contribution in [0.2, 0.25) is 0 Å². The van der Waals surface area contributed by atoms with Crippen molar-refractivity contribution in [3.63, 3.8) is 0 Å². The van der Waals surface area contributed by atoms with Gasteiger partial charge in [0.1, 0.15) is 5.78 Å². The van der Waals surface area contributed by atoms with Gasteiger partial charge in [0, 0.05) is 37.6 Å². The first-order chi connectivity index (χ1) is 9.40. The smallest absolute Gasteiger partial charge is 0.136 e. The first kappa shape index (κ1) is 15.2. The molecule has 0 aliphatic carbocycles. The number of piperazine rings is 1. The number of hydrogen-bond donors (Lipinski definition) is 0. The number of hydrogen-bond acceptors (Lipinski definition) is 3. The van der Waals surface area contributed by atoms with Gasteiger partial charge in [-0.3, -0.25) is 9.69 Å². The molecule has 0 radical (unpaired) electrons. The molecule has 1 unspecified atom stereocenters. The van der Waals surface area contributed by atoms with Crippen molar-refractivity contribution in [3.05, 3.63) is 35.9 Å². The fourth-order valence-corrected chi connectivity index (χ4v) is 2.76. The van der Waals surface area contributed by atoms with Crippen LogP contribution in [0.1, 0.15) is 32.4 Å². The number of carbonyl (C=O) groups excluding carboxylic acids is 1. The topological polar surface area (TPSA) is 23.6 Å². The molecule has 0 amide bonds. The molecular weight excluding hydrogens is 248 g/mol. The third-order valence-corrected chi connectivity index (χ3v) is 4.43. The third-order valence-electron chi connectivity index (χ3n) is 4.43. The van der Waals surface area contributed by atoms with Crippen LogP contribution in [0.3, 0.4) is 0 Å². The molecule has 3 heteroatoms. The minimum Gasteiger partial charge on any atom is -0.303 e. The lowest BCUT2D eigenvalue weighted by Gasteiger charge is -2.43. The van der Waals surface area contributed by atoms with E-state index < -0.39 is 0 Å². The minimum atomic E-state index is -0.275. The van der Waals surface area contributed by atoms with Crippen molar-refractivity contribution in [1.29, 1.82) is 0 Å². The number of benzene rings is 1. The Morgan fingerprint density at radius 3 is 2.50 bits per heavy atom. The predicted octanol–water partition coefficient (Wildman–Crippen LogP) is 2.59. The number of likely N-dealkylation sites (N-methyl/N-ethyl adjacent to an activating group) is 1. The highest BCUT2D eigenvalue weighted by atomic mass is 16.1. The molecule has 1 saturated heterocycles. The van der Waals surface area contributed by atoms with Crippen LogP contribution < -0.4 is 0 Å². The fourth-order valence-electron chi connectivity index (χ4n) is 2.76. The predicted molar refractivity (Wildman–Crippen MR) is 82.7 cm³/mol. The molecule has 0 N–H and O–H groups in total. The zero-order chi connectivity index (χ0) is 14.8. The highest BCUT2D eigenvalue weighted by molar-refractivity contribution is 5.81. The standard InChI is InChI=1S/C17H26N2O/c1-14(20)17(2,3)13-19-11-10-18(4)12-16(19)15-8-6-5-7-9-15/h5-9,16H,10-13H2,1-4H3. The van der Waals surface area contributed by atoms with Crippen LogP contribution in [0, 0.1) is 5.41 Å². The molecule has 1 aliphatic rings. The van der Waals surface area contributed by atoms with Crippen LogP contribution in [-0.4, -0.2) is 48.8 Å². The quantitative estimate of drug-likeness (QED) is 0.843. The van der Waals surface area contributed by atoms with E-state index in [2.05, 4.69) is 61.0 Å². The second-order valence-electron chi connectivity index (χ2n) is 6.60. The van der Waals surface area contributed by atoms with E-state index in [0.29, 0.717) is 6.04 Å². The van der Waals surface area contributed by atoms with Crippen molar-refractivity contribution in [1.82, 2.24) is 9.80 Å². The average Bonchev–Trinajstić information content (AvgIpc) is 2.41. The zero-order valence-electron chi connectivity index (χ0n) is 13.1. The van der Waals surface area contributed by atoms with Crippen molar-refractivity contribution in [2.24, 2.45) is 5.41 Å². The Bertz CT molecular complexity index is 455. The molecule has 0 aromatic heterocycles. The van der Waals surface area contributed by atoms with Gasteiger partial charge in [0.15, 0.2) is 0 Å². The van der Waals surface area contributed by atoms with Gasteiger partial charge in [0.2, 0.25) is 0 Å². The lowest BCUT2D eigenvalue weighted by Crippen LogP contribution is -2.50. The maximum atomic E-state index is 11.8. The van der Waals surface area contributed by atoms with Gasteiger partial charge in [0.25, 0.3) is 0 Å². The fraction of sp³-hybridized carbons (Fsp3) is 0.588. The van der Waals surface area contributed by atoms with Crippen LogP contribution in [0.15, 0.2) is 30.3 Å². The van der Waals surface area contributed by atoms with Gasteiger partial charge in [-0.1, -0.05) is 44.2 Å². The molecule has 1 atom stereocenters. The van der Waals surface area contributed by atoms with E-state index in [1.165, 1.54) is 5.56 Å². The highest BCUT2D eigenvalue weighted by Crippen LogP contribution is 2.29. The summed E-state index contributed by atoms with van der Waals surface area (Å²) in [5.41, 5.74) is 1.07. The Labute approximate surface area is 122 Å². The molecule has 1 aliphatic heterocycles. The monoisotopic (exact) mass is 274 g/mol. The first-order valence-electron chi connectivity index (χ1n) is 7.39. The van der Waals surface area contributed by atoms with Crippen molar-refractivity contribution in [2.45, 2.75) is 26.8 Å². The molecule has 20 heavy (non-hydrogen) atoms. The molecule has 0 saturated carbocycles. The average molecular weight is 274 g/mol. The summed E-state index contributed by atoms with van der Waals surface area (Å²) >= 11 is 0. The number of carbonyl (C=O) groups is 1. The Morgan fingerprint density at radius 1 is 1.25 bits per heavy atom. The first-order valence-corrected chi connectivity index (χ1v) is 7.39. The van der Waals surface area contributed by atoms with Crippen LogP contribution >= 0.6 is 0 Å². The van der Waals surface area contributed by atoms with Gasteiger partial charge in [0.05, 0.1) is 0 Å². The van der Waals surface area contributed by atoms with Gasteiger partial charge in [-0.2, -0.15) is 0 Å².